The van der Waals surface area contributed by atoms with Crippen molar-refractivity contribution >= 4 is 23.2 Å². The summed E-state index contributed by atoms with van der Waals surface area (Å²) in [6, 6.07) is 24.0. The van der Waals surface area contributed by atoms with Crippen molar-refractivity contribution in [2.75, 3.05) is 23.6 Å². The molecule has 1 N–H and O–H groups in total. The number of carbonyl (C=O) groups is 2. The fourth-order valence-corrected chi connectivity index (χ4v) is 5.50. The zero-order valence-corrected chi connectivity index (χ0v) is 20.1. The van der Waals surface area contributed by atoms with Crippen LogP contribution >= 0.6 is 0 Å². The zero-order valence-electron chi connectivity index (χ0n) is 20.1. The van der Waals surface area contributed by atoms with Crippen LogP contribution in [0.2, 0.25) is 0 Å². The summed E-state index contributed by atoms with van der Waals surface area (Å²) in [6.45, 7) is 0.466. The molecule has 1 atom stereocenters. The maximum atomic E-state index is 14.3. The van der Waals surface area contributed by atoms with E-state index >= 15 is 0 Å². The molecule has 0 aliphatic carbocycles. The van der Waals surface area contributed by atoms with E-state index in [9.17, 15) is 14.0 Å². The smallest absolute Gasteiger partial charge is 0.256 e. The van der Waals surface area contributed by atoms with E-state index in [4.69, 9.17) is 14.2 Å². The van der Waals surface area contributed by atoms with E-state index in [1.807, 2.05) is 42.5 Å². The number of amides is 2. The standard InChI is InChI=1S/C30H21FN2O5/c31-19-9-11-20(12-10-19)32-28(34)21-6-2-1-5-18(21)15-33-24-8-4-3-7-22(24)30(29(33)35)16-36-25-14-27-26(13-23(25)30)37-17-38-27/h1-14H,15-17H2,(H,32,34). The largest absolute Gasteiger partial charge is 0.491 e. The summed E-state index contributed by atoms with van der Waals surface area (Å²) in [5.74, 6) is 0.912. The molecule has 1 spiro atoms. The number of para-hydroxylation sites is 1. The Labute approximate surface area is 217 Å². The number of nitrogens with zero attached hydrogens (tertiary/aromatic N) is 1. The van der Waals surface area contributed by atoms with Gasteiger partial charge in [0.05, 0.1) is 6.54 Å². The highest BCUT2D eigenvalue weighted by Crippen LogP contribution is 2.55. The van der Waals surface area contributed by atoms with Crippen LogP contribution in [0.5, 0.6) is 17.2 Å². The quantitative estimate of drug-likeness (QED) is 0.418. The Kier molecular flexibility index (Phi) is 4.91. The molecule has 38 heavy (non-hydrogen) atoms. The van der Waals surface area contributed by atoms with Crippen LogP contribution in [-0.2, 0) is 16.8 Å². The number of anilines is 2. The molecule has 0 saturated heterocycles. The molecule has 3 aliphatic rings. The summed E-state index contributed by atoms with van der Waals surface area (Å²) in [4.78, 5) is 29.2. The lowest BCUT2D eigenvalue weighted by atomic mass is 9.77. The molecule has 0 bridgehead atoms. The van der Waals surface area contributed by atoms with Crippen molar-refractivity contribution in [2.45, 2.75) is 12.0 Å². The highest BCUT2D eigenvalue weighted by atomic mass is 19.1. The molecule has 4 aromatic rings. The van der Waals surface area contributed by atoms with E-state index in [0.717, 1.165) is 16.8 Å². The Morgan fingerprint density at radius 1 is 0.868 bits per heavy atom. The lowest BCUT2D eigenvalue weighted by molar-refractivity contribution is -0.122. The topological polar surface area (TPSA) is 77.1 Å². The van der Waals surface area contributed by atoms with Crippen molar-refractivity contribution in [2.24, 2.45) is 0 Å². The fourth-order valence-electron chi connectivity index (χ4n) is 5.50. The van der Waals surface area contributed by atoms with Gasteiger partial charge in [-0.15, -0.1) is 0 Å². The minimum absolute atomic E-state index is 0.124. The molecule has 1 unspecified atom stereocenters. The maximum absolute atomic E-state index is 14.3. The Balaban J connectivity index is 1.26. The first-order valence-electron chi connectivity index (χ1n) is 12.2. The Bertz CT molecular complexity index is 1620. The first-order valence-corrected chi connectivity index (χ1v) is 12.2. The maximum Gasteiger partial charge on any atom is 0.256 e. The normalized spacial score (nSPS) is 18.3. The number of hydrogen-bond acceptors (Lipinski definition) is 5. The molecular weight excluding hydrogens is 487 g/mol. The van der Waals surface area contributed by atoms with Gasteiger partial charge in [0, 0.05) is 28.6 Å². The number of hydrogen-bond donors (Lipinski definition) is 1. The van der Waals surface area contributed by atoms with E-state index < -0.39 is 5.41 Å². The van der Waals surface area contributed by atoms with Gasteiger partial charge in [0.15, 0.2) is 11.5 Å². The zero-order chi connectivity index (χ0) is 25.9. The Morgan fingerprint density at radius 3 is 2.45 bits per heavy atom. The average Bonchev–Trinajstić information content (AvgIpc) is 3.61. The first kappa shape index (κ1) is 22.4. The summed E-state index contributed by atoms with van der Waals surface area (Å²) >= 11 is 0. The van der Waals surface area contributed by atoms with Crippen molar-refractivity contribution in [1.82, 2.24) is 0 Å². The SMILES string of the molecule is O=C(Nc1ccc(F)cc1)c1ccccc1CN1C(=O)C2(COc3cc4c(cc32)OCO4)c2ccccc21. The van der Waals surface area contributed by atoms with Crippen LogP contribution in [0.3, 0.4) is 0 Å². The van der Waals surface area contributed by atoms with E-state index in [-0.39, 0.29) is 37.6 Å². The van der Waals surface area contributed by atoms with E-state index in [0.29, 0.717) is 34.1 Å². The van der Waals surface area contributed by atoms with Gasteiger partial charge in [0.1, 0.15) is 23.6 Å². The predicted octanol–water partition coefficient (Wildman–Crippen LogP) is 5.03. The summed E-state index contributed by atoms with van der Waals surface area (Å²) in [5, 5.41) is 2.81. The van der Waals surface area contributed by atoms with Crippen molar-refractivity contribution in [3.8, 4) is 17.2 Å². The molecule has 7 rings (SSSR count). The van der Waals surface area contributed by atoms with Crippen LogP contribution in [0.15, 0.2) is 84.9 Å². The minimum Gasteiger partial charge on any atom is -0.491 e. The van der Waals surface area contributed by atoms with Crippen molar-refractivity contribution in [3.63, 3.8) is 0 Å². The molecule has 8 heteroatoms. The lowest BCUT2D eigenvalue weighted by Crippen LogP contribution is -2.42. The van der Waals surface area contributed by atoms with Crippen molar-refractivity contribution in [1.29, 1.82) is 0 Å². The third-order valence-electron chi connectivity index (χ3n) is 7.34. The van der Waals surface area contributed by atoms with E-state index in [1.165, 1.54) is 24.3 Å². The molecule has 188 valence electrons. The van der Waals surface area contributed by atoms with Gasteiger partial charge in [-0.25, -0.2) is 4.39 Å². The fraction of sp³-hybridized carbons (Fsp3) is 0.133. The second kappa shape index (κ2) is 8.34. The highest BCUT2D eigenvalue weighted by molar-refractivity contribution is 6.12. The predicted molar refractivity (Wildman–Crippen MR) is 137 cm³/mol. The number of ether oxygens (including phenoxy) is 3. The van der Waals surface area contributed by atoms with Gasteiger partial charge in [-0.05, 0) is 53.6 Å². The van der Waals surface area contributed by atoms with Gasteiger partial charge in [-0.1, -0.05) is 36.4 Å². The summed E-state index contributed by atoms with van der Waals surface area (Å²) in [7, 11) is 0. The number of nitrogens with one attached hydrogen (secondary N) is 1. The van der Waals surface area contributed by atoms with Gasteiger partial charge in [-0.3, -0.25) is 9.59 Å². The molecular formula is C30H21FN2O5. The number of carbonyl (C=O) groups excluding carboxylic acids is 2. The molecule has 0 radical (unpaired) electrons. The molecule has 3 heterocycles. The van der Waals surface area contributed by atoms with Gasteiger partial charge < -0.3 is 24.4 Å². The molecule has 0 fully saturated rings. The Hall–Kier alpha value is -4.85. The van der Waals surface area contributed by atoms with Crippen LogP contribution < -0.4 is 24.4 Å². The van der Waals surface area contributed by atoms with E-state index in [2.05, 4.69) is 5.32 Å². The van der Waals surface area contributed by atoms with Crippen molar-refractivity contribution in [3.05, 3.63) is 113 Å². The monoisotopic (exact) mass is 508 g/mol. The molecule has 3 aliphatic heterocycles. The molecule has 4 aromatic carbocycles. The second-order valence-electron chi connectivity index (χ2n) is 9.42. The highest BCUT2D eigenvalue weighted by Gasteiger charge is 2.57. The third-order valence-corrected chi connectivity index (χ3v) is 7.34. The second-order valence-corrected chi connectivity index (χ2v) is 9.42. The van der Waals surface area contributed by atoms with Gasteiger partial charge in [-0.2, -0.15) is 0 Å². The van der Waals surface area contributed by atoms with Crippen LogP contribution in [0, 0.1) is 5.82 Å². The molecule has 7 nitrogen and oxygen atoms in total. The molecule has 0 saturated carbocycles. The van der Waals surface area contributed by atoms with Crippen LogP contribution in [-0.4, -0.2) is 25.2 Å². The number of benzene rings is 4. The van der Waals surface area contributed by atoms with Gasteiger partial charge >= 0.3 is 0 Å². The summed E-state index contributed by atoms with van der Waals surface area (Å²) in [6.07, 6.45) is 0. The number of fused-ring (bicyclic) bond motifs is 5. The molecule has 2 amide bonds. The van der Waals surface area contributed by atoms with Crippen LogP contribution in [0.25, 0.3) is 0 Å². The van der Waals surface area contributed by atoms with Crippen molar-refractivity contribution < 1.29 is 28.2 Å². The number of rotatable bonds is 4. The average molecular weight is 509 g/mol. The summed E-state index contributed by atoms with van der Waals surface area (Å²) < 4.78 is 30.5. The van der Waals surface area contributed by atoms with E-state index in [1.54, 1.807) is 23.1 Å². The van der Waals surface area contributed by atoms with Crippen LogP contribution in [0.1, 0.15) is 27.0 Å². The lowest BCUT2D eigenvalue weighted by Gasteiger charge is -2.24. The minimum atomic E-state index is -1.03. The Morgan fingerprint density at radius 2 is 1.61 bits per heavy atom. The van der Waals surface area contributed by atoms with Gasteiger partial charge in [0.2, 0.25) is 12.7 Å². The number of halogens is 1. The van der Waals surface area contributed by atoms with Gasteiger partial charge in [0.25, 0.3) is 5.91 Å². The first-order chi connectivity index (χ1) is 18.5. The van der Waals surface area contributed by atoms with Crippen LogP contribution in [0.4, 0.5) is 15.8 Å². The molecule has 0 aromatic heterocycles. The summed E-state index contributed by atoms with van der Waals surface area (Å²) in [5.41, 5.74) is 2.90. The third kappa shape index (κ3) is 3.26.